The van der Waals surface area contributed by atoms with E-state index in [1.54, 1.807) is 6.92 Å². The Kier molecular flexibility index (Phi) is 5.84. The second-order valence-electron chi connectivity index (χ2n) is 6.66. The van der Waals surface area contributed by atoms with Crippen LogP contribution in [0.2, 0.25) is 0 Å². The van der Waals surface area contributed by atoms with Crippen LogP contribution < -0.4 is 10.6 Å². The van der Waals surface area contributed by atoms with Gasteiger partial charge in [-0.05, 0) is 45.4 Å². The number of carbonyl (C=O) groups excluding carboxylic acids is 1. The number of hydrogen-bond donors (Lipinski definition) is 3. The first-order valence-electron chi connectivity index (χ1n) is 7.56. The maximum atomic E-state index is 11.9. The van der Waals surface area contributed by atoms with Crippen molar-refractivity contribution in [2.45, 2.75) is 71.9 Å². The van der Waals surface area contributed by atoms with Crippen molar-refractivity contribution in [3.05, 3.63) is 0 Å². The van der Waals surface area contributed by atoms with Crippen molar-refractivity contribution < 1.29 is 14.7 Å². The Bertz CT molecular complexity index is 357. The number of rotatable bonds is 6. The van der Waals surface area contributed by atoms with Gasteiger partial charge < -0.3 is 15.7 Å². The summed E-state index contributed by atoms with van der Waals surface area (Å²) in [7, 11) is 0. The van der Waals surface area contributed by atoms with E-state index in [9.17, 15) is 14.7 Å². The molecule has 1 rings (SSSR count). The van der Waals surface area contributed by atoms with Crippen LogP contribution in [0, 0.1) is 11.3 Å². The van der Waals surface area contributed by atoms with Crippen molar-refractivity contribution in [3.8, 4) is 0 Å². The number of urea groups is 1. The molecule has 116 valence electrons. The summed E-state index contributed by atoms with van der Waals surface area (Å²) in [5.41, 5.74) is -0.835. The molecule has 3 N–H and O–H groups in total. The number of hydrogen-bond acceptors (Lipinski definition) is 2. The maximum Gasteiger partial charge on any atom is 0.315 e. The Balaban J connectivity index is 2.44. The molecule has 0 saturated heterocycles. The third-order valence-electron chi connectivity index (χ3n) is 4.31. The van der Waals surface area contributed by atoms with E-state index in [0.717, 1.165) is 25.7 Å². The van der Waals surface area contributed by atoms with Gasteiger partial charge in [-0.2, -0.15) is 0 Å². The van der Waals surface area contributed by atoms with Crippen LogP contribution in [-0.4, -0.2) is 29.2 Å². The largest absolute Gasteiger partial charge is 0.481 e. The summed E-state index contributed by atoms with van der Waals surface area (Å²) in [6.07, 6.45) is 4.20. The molecule has 0 aliphatic heterocycles. The molecule has 20 heavy (non-hydrogen) atoms. The molecule has 5 heteroatoms. The zero-order valence-corrected chi connectivity index (χ0v) is 13.0. The van der Waals surface area contributed by atoms with Crippen molar-refractivity contribution in [1.82, 2.24) is 10.6 Å². The molecule has 1 aliphatic carbocycles. The zero-order valence-electron chi connectivity index (χ0n) is 13.0. The van der Waals surface area contributed by atoms with E-state index in [1.807, 2.05) is 6.92 Å². The molecule has 0 aromatic carbocycles. The van der Waals surface area contributed by atoms with Gasteiger partial charge in [0, 0.05) is 12.1 Å². The van der Waals surface area contributed by atoms with E-state index in [4.69, 9.17) is 0 Å². The van der Waals surface area contributed by atoms with Crippen molar-refractivity contribution in [2.24, 2.45) is 11.3 Å². The molecule has 5 nitrogen and oxygen atoms in total. The summed E-state index contributed by atoms with van der Waals surface area (Å²) in [5.74, 6) is -0.208. The van der Waals surface area contributed by atoms with E-state index < -0.39 is 11.4 Å². The Morgan fingerprint density at radius 1 is 1.30 bits per heavy atom. The van der Waals surface area contributed by atoms with Gasteiger partial charge in [-0.25, -0.2) is 4.79 Å². The summed E-state index contributed by atoms with van der Waals surface area (Å²) >= 11 is 0. The molecule has 0 spiro atoms. The first-order valence-corrected chi connectivity index (χ1v) is 7.56. The summed E-state index contributed by atoms with van der Waals surface area (Å²) in [6, 6.07) is -0.423. The van der Waals surface area contributed by atoms with Crippen LogP contribution in [0.15, 0.2) is 0 Å². The van der Waals surface area contributed by atoms with Gasteiger partial charge in [0.25, 0.3) is 0 Å². The lowest BCUT2D eigenvalue weighted by atomic mass is 9.85. The van der Waals surface area contributed by atoms with Gasteiger partial charge in [0.05, 0.1) is 5.41 Å². The lowest BCUT2D eigenvalue weighted by Gasteiger charge is -2.28. The first kappa shape index (κ1) is 16.8. The molecular formula is C15H28N2O3. The van der Waals surface area contributed by atoms with Crippen LogP contribution in [0.3, 0.4) is 0 Å². The fourth-order valence-electron chi connectivity index (χ4n) is 2.73. The number of carbonyl (C=O) groups is 2. The molecular weight excluding hydrogens is 256 g/mol. The van der Waals surface area contributed by atoms with Crippen molar-refractivity contribution in [2.75, 3.05) is 0 Å². The van der Waals surface area contributed by atoms with Crippen LogP contribution in [-0.2, 0) is 4.79 Å². The second kappa shape index (κ2) is 6.95. The Morgan fingerprint density at radius 2 is 1.95 bits per heavy atom. The molecule has 1 aliphatic rings. The zero-order chi connectivity index (χ0) is 15.3. The van der Waals surface area contributed by atoms with E-state index in [-0.39, 0.29) is 18.1 Å². The Morgan fingerprint density at radius 3 is 2.50 bits per heavy atom. The molecule has 3 unspecified atom stereocenters. The quantitative estimate of drug-likeness (QED) is 0.701. The van der Waals surface area contributed by atoms with Gasteiger partial charge >= 0.3 is 12.0 Å². The lowest BCUT2D eigenvalue weighted by Crippen LogP contribution is -2.51. The highest BCUT2D eigenvalue weighted by atomic mass is 16.4. The van der Waals surface area contributed by atoms with Crippen LogP contribution in [0.1, 0.15) is 59.8 Å². The molecule has 0 radical (unpaired) electrons. The van der Waals surface area contributed by atoms with Gasteiger partial charge in [0.2, 0.25) is 0 Å². The molecule has 0 bridgehead atoms. The number of amides is 2. The summed E-state index contributed by atoms with van der Waals surface area (Å²) in [4.78, 5) is 23.3. The predicted octanol–water partition coefficient (Wildman–Crippen LogP) is 2.75. The Hall–Kier alpha value is -1.26. The van der Waals surface area contributed by atoms with Crippen LogP contribution in [0.25, 0.3) is 0 Å². The number of nitrogens with one attached hydrogen (secondary N) is 2. The lowest BCUT2D eigenvalue weighted by molar-refractivity contribution is -0.148. The van der Waals surface area contributed by atoms with Gasteiger partial charge in [-0.3, -0.25) is 4.79 Å². The van der Waals surface area contributed by atoms with Crippen LogP contribution in [0.5, 0.6) is 0 Å². The summed E-state index contributed by atoms with van der Waals surface area (Å²) in [5, 5.41) is 15.0. The number of carboxylic acid groups (broad SMARTS) is 1. The SMILES string of the molecule is CC(C)CCC(C)NC(=O)NC1CCCC1(C)C(=O)O. The third-order valence-corrected chi connectivity index (χ3v) is 4.31. The minimum atomic E-state index is -0.835. The summed E-state index contributed by atoms with van der Waals surface area (Å²) < 4.78 is 0. The first-order chi connectivity index (χ1) is 9.25. The van der Waals surface area contributed by atoms with Crippen LogP contribution >= 0.6 is 0 Å². The number of aliphatic carboxylic acids is 1. The van der Waals surface area contributed by atoms with E-state index in [0.29, 0.717) is 12.3 Å². The van der Waals surface area contributed by atoms with Crippen LogP contribution in [0.4, 0.5) is 4.79 Å². The minimum Gasteiger partial charge on any atom is -0.481 e. The third kappa shape index (κ3) is 4.39. The van der Waals surface area contributed by atoms with Crippen molar-refractivity contribution in [3.63, 3.8) is 0 Å². The highest BCUT2D eigenvalue weighted by Gasteiger charge is 2.45. The highest BCUT2D eigenvalue weighted by Crippen LogP contribution is 2.38. The average Bonchev–Trinajstić information content (AvgIpc) is 2.69. The Labute approximate surface area is 121 Å². The monoisotopic (exact) mass is 284 g/mol. The molecule has 0 aromatic heterocycles. The van der Waals surface area contributed by atoms with Gasteiger partial charge in [-0.1, -0.05) is 20.3 Å². The average molecular weight is 284 g/mol. The smallest absolute Gasteiger partial charge is 0.315 e. The van der Waals surface area contributed by atoms with Crippen molar-refractivity contribution in [1.29, 1.82) is 0 Å². The summed E-state index contributed by atoms with van der Waals surface area (Å²) in [6.45, 7) is 8.01. The normalized spacial score (nSPS) is 27.4. The topological polar surface area (TPSA) is 78.4 Å². The molecule has 1 fully saturated rings. The molecule has 0 aromatic rings. The molecule has 2 amide bonds. The molecule has 0 heterocycles. The van der Waals surface area contributed by atoms with Gasteiger partial charge in [0.15, 0.2) is 0 Å². The molecule has 3 atom stereocenters. The van der Waals surface area contributed by atoms with E-state index in [1.165, 1.54) is 0 Å². The second-order valence-corrected chi connectivity index (χ2v) is 6.66. The van der Waals surface area contributed by atoms with E-state index in [2.05, 4.69) is 24.5 Å². The fourth-order valence-corrected chi connectivity index (χ4v) is 2.73. The minimum absolute atomic E-state index is 0.106. The predicted molar refractivity (Wildman–Crippen MR) is 78.6 cm³/mol. The van der Waals surface area contributed by atoms with Crippen molar-refractivity contribution >= 4 is 12.0 Å². The van der Waals surface area contributed by atoms with Gasteiger partial charge in [0.1, 0.15) is 0 Å². The standard InChI is InChI=1S/C15H28N2O3/c1-10(2)7-8-11(3)16-14(20)17-12-6-5-9-15(12,4)13(18)19/h10-12H,5-9H2,1-4H3,(H,18,19)(H2,16,17,20). The number of carboxylic acids is 1. The highest BCUT2D eigenvalue weighted by molar-refractivity contribution is 5.79. The van der Waals surface area contributed by atoms with Gasteiger partial charge in [-0.15, -0.1) is 0 Å². The maximum absolute atomic E-state index is 11.9. The fraction of sp³-hybridized carbons (Fsp3) is 0.867. The van der Waals surface area contributed by atoms with E-state index >= 15 is 0 Å². The molecule has 1 saturated carbocycles.